The van der Waals surface area contributed by atoms with E-state index >= 15 is 0 Å². The molecule has 0 bridgehead atoms. The van der Waals surface area contributed by atoms with E-state index < -0.39 is 17.7 Å². The standard InChI is InChI=1S/C19H16F3NO3/c1-18(2,3)12-8-13(10-4-6-11(7-5-10)19(20,21)22)23-14-9-15(17(24)25)26-16(12)14/h4-9H,1-3H3,(H,24,25). The molecule has 0 aliphatic carbocycles. The number of rotatable bonds is 2. The van der Waals surface area contributed by atoms with Gasteiger partial charge < -0.3 is 9.52 Å². The zero-order valence-electron chi connectivity index (χ0n) is 14.3. The van der Waals surface area contributed by atoms with Crippen molar-refractivity contribution in [3.8, 4) is 11.3 Å². The highest BCUT2D eigenvalue weighted by Crippen LogP contribution is 2.35. The van der Waals surface area contributed by atoms with Gasteiger partial charge in [0.25, 0.3) is 0 Å². The molecule has 2 heterocycles. The minimum absolute atomic E-state index is 0.234. The highest BCUT2D eigenvalue weighted by molar-refractivity contribution is 5.92. The summed E-state index contributed by atoms with van der Waals surface area (Å²) in [5.74, 6) is -1.44. The third kappa shape index (κ3) is 3.29. The van der Waals surface area contributed by atoms with Crippen molar-refractivity contribution in [1.29, 1.82) is 0 Å². The normalized spacial score (nSPS) is 12.5. The number of carboxylic acids is 1. The van der Waals surface area contributed by atoms with Gasteiger partial charge in [0.05, 0.1) is 11.3 Å². The summed E-state index contributed by atoms with van der Waals surface area (Å²) in [6, 6.07) is 7.73. The number of benzene rings is 1. The van der Waals surface area contributed by atoms with E-state index in [-0.39, 0.29) is 11.2 Å². The number of nitrogens with zero attached hydrogens (tertiary/aromatic N) is 1. The molecule has 26 heavy (non-hydrogen) atoms. The van der Waals surface area contributed by atoms with Gasteiger partial charge in [-0.25, -0.2) is 9.78 Å². The summed E-state index contributed by atoms with van der Waals surface area (Å²) in [5.41, 5.74) is 1.28. The van der Waals surface area contributed by atoms with Crippen LogP contribution in [0.3, 0.4) is 0 Å². The molecule has 3 rings (SSSR count). The molecule has 4 nitrogen and oxygen atoms in total. The fourth-order valence-corrected chi connectivity index (χ4v) is 2.66. The Balaban J connectivity index is 2.19. The fourth-order valence-electron chi connectivity index (χ4n) is 2.66. The number of aromatic carboxylic acids is 1. The number of halogens is 3. The van der Waals surface area contributed by atoms with Crippen LogP contribution < -0.4 is 0 Å². The predicted octanol–water partition coefficient (Wildman–Crippen LogP) is 5.51. The molecule has 0 aliphatic rings. The Morgan fingerprint density at radius 2 is 1.69 bits per heavy atom. The van der Waals surface area contributed by atoms with Gasteiger partial charge in [0.1, 0.15) is 5.52 Å². The molecular formula is C19H16F3NO3. The Hall–Kier alpha value is -2.83. The summed E-state index contributed by atoms with van der Waals surface area (Å²) in [6.45, 7) is 5.80. The summed E-state index contributed by atoms with van der Waals surface area (Å²) in [7, 11) is 0. The fraction of sp³-hybridized carbons (Fsp3) is 0.263. The second kappa shape index (κ2) is 5.86. The first-order valence-corrected chi connectivity index (χ1v) is 7.83. The van der Waals surface area contributed by atoms with Crippen molar-refractivity contribution in [2.45, 2.75) is 32.4 Å². The van der Waals surface area contributed by atoms with Crippen LogP contribution in [0.15, 0.2) is 40.8 Å². The van der Waals surface area contributed by atoms with Gasteiger partial charge in [0.15, 0.2) is 5.58 Å². The summed E-state index contributed by atoms with van der Waals surface area (Å²) in [5, 5.41) is 9.14. The van der Waals surface area contributed by atoms with E-state index in [1.165, 1.54) is 18.2 Å². The lowest BCUT2D eigenvalue weighted by Crippen LogP contribution is -2.12. The molecule has 3 aromatic rings. The van der Waals surface area contributed by atoms with Crippen LogP contribution in [0.5, 0.6) is 0 Å². The van der Waals surface area contributed by atoms with Gasteiger partial charge in [-0.3, -0.25) is 0 Å². The molecule has 0 fully saturated rings. The zero-order chi connectivity index (χ0) is 19.3. The molecule has 0 spiro atoms. The molecule has 0 radical (unpaired) electrons. The van der Waals surface area contributed by atoms with Crippen LogP contribution in [0.4, 0.5) is 13.2 Å². The van der Waals surface area contributed by atoms with E-state index in [0.29, 0.717) is 22.4 Å². The number of furan rings is 1. The highest BCUT2D eigenvalue weighted by atomic mass is 19.4. The van der Waals surface area contributed by atoms with Gasteiger partial charge in [-0.15, -0.1) is 0 Å². The average molecular weight is 363 g/mol. The number of hydrogen-bond acceptors (Lipinski definition) is 3. The van der Waals surface area contributed by atoms with E-state index in [1.807, 2.05) is 20.8 Å². The predicted molar refractivity (Wildman–Crippen MR) is 90.1 cm³/mol. The molecule has 7 heteroatoms. The zero-order valence-corrected chi connectivity index (χ0v) is 14.3. The van der Waals surface area contributed by atoms with Crippen LogP contribution in [0.25, 0.3) is 22.4 Å². The first-order chi connectivity index (χ1) is 12.0. The van der Waals surface area contributed by atoms with E-state index in [2.05, 4.69) is 4.98 Å². The van der Waals surface area contributed by atoms with Gasteiger partial charge in [0, 0.05) is 17.2 Å². The van der Waals surface area contributed by atoms with Gasteiger partial charge in [-0.1, -0.05) is 32.9 Å². The maximum atomic E-state index is 12.7. The van der Waals surface area contributed by atoms with Crippen molar-refractivity contribution in [2.75, 3.05) is 0 Å². The Bertz CT molecular complexity index is 980. The highest BCUT2D eigenvalue weighted by Gasteiger charge is 2.30. The maximum absolute atomic E-state index is 12.7. The van der Waals surface area contributed by atoms with Crippen LogP contribution in [0, 0.1) is 0 Å². The lowest BCUT2D eigenvalue weighted by molar-refractivity contribution is -0.137. The first-order valence-electron chi connectivity index (χ1n) is 7.83. The molecule has 1 N–H and O–H groups in total. The molecule has 2 aromatic heterocycles. The van der Waals surface area contributed by atoms with Crippen molar-refractivity contribution < 1.29 is 27.5 Å². The number of fused-ring (bicyclic) bond motifs is 1. The van der Waals surface area contributed by atoms with Crippen LogP contribution in [0.2, 0.25) is 0 Å². The van der Waals surface area contributed by atoms with E-state index in [9.17, 15) is 18.0 Å². The van der Waals surface area contributed by atoms with Gasteiger partial charge in [0.2, 0.25) is 5.76 Å². The number of carbonyl (C=O) groups is 1. The van der Waals surface area contributed by atoms with Crippen LogP contribution in [-0.4, -0.2) is 16.1 Å². The quantitative estimate of drug-likeness (QED) is 0.652. The Kier molecular flexibility index (Phi) is 4.05. The Morgan fingerprint density at radius 3 is 2.19 bits per heavy atom. The monoisotopic (exact) mass is 363 g/mol. The summed E-state index contributed by atoms with van der Waals surface area (Å²) in [4.78, 5) is 15.6. The molecule has 136 valence electrons. The molecule has 0 atom stereocenters. The van der Waals surface area contributed by atoms with Crippen molar-refractivity contribution in [3.05, 3.63) is 53.3 Å². The molecule has 0 saturated carbocycles. The average Bonchev–Trinajstić information content (AvgIpc) is 2.96. The second-order valence-corrected chi connectivity index (χ2v) is 7.01. The summed E-state index contributed by atoms with van der Waals surface area (Å²) in [6.07, 6.45) is -4.41. The molecule has 1 aromatic carbocycles. The number of aromatic nitrogens is 1. The van der Waals surface area contributed by atoms with Crippen LogP contribution >= 0.6 is 0 Å². The van der Waals surface area contributed by atoms with Gasteiger partial charge in [-0.2, -0.15) is 13.2 Å². The summed E-state index contributed by atoms with van der Waals surface area (Å²) < 4.78 is 43.7. The first kappa shape index (κ1) is 18.0. The van der Waals surface area contributed by atoms with E-state index in [1.54, 1.807) is 6.07 Å². The van der Waals surface area contributed by atoms with Crippen LogP contribution in [-0.2, 0) is 11.6 Å². The van der Waals surface area contributed by atoms with Crippen molar-refractivity contribution >= 4 is 17.1 Å². The minimum Gasteiger partial charge on any atom is -0.475 e. The van der Waals surface area contributed by atoms with Gasteiger partial charge >= 0.3 is 12.1 Å². The van der Waals surface area contributed by atoms with E-state index in [0.717, 1.165) is 17.7 Å². The topological polar surface area (TPSA) is 63.3 Å². The third-order valence-electron chi connectivity index (χ3n) is 4.01. The molecular weight excluding hydrogens is 347 g/mol. The number of carboxylic acid groups (broad SMARTS) is 1. The molecule has 0 saturated heterocycles. The third-order valence-corrected chi connectivity index (χ3v) is 4.01. The Morgan fingerprint density at radius 1 is 1.08 bits per heavy atom. The molecule has 0 amide bonds. The number of alkyl halides is 3. The lowest BCUT2D eigenvalue weighted by atomic mass is 9.86. The van der Waals surface area contributed by atoms with Gasteiger partial charge in [-0.05, 0) is 23.6 Å². The SMILES string of the molecule is CC(C)(C)c1cc(-c2ccc(C(F)(F)F)cc2)nc2cc(C(=O)O)oc12. The van der Waals surface area contributed by atoms with Crippen molar-refractivity contribution in [1.82, 2.24) is 4.98 Å². The maximum Gasteiger partial charge on any atom is 0.416 e. The number of hydrogen-bond donors (Lipinski definition) is 1. The van der Waals surface area contributed by atoms with E-state index in [4.69, 9.17) is 9.52 Å². The van der Waals surface area contributed by atoms with Crippen LogP contribution in [0.1, 0.15) is 42.5 Å². The smallest absolute Gasteiger partial charge is 0.416 e. The number of pyridine rings is 1. The Labute approximate surface area is 147 Å². The largest absolute Gasteiger partial charge is 0.475 e. The van der Waals surface area contributed by atoms with Crippen molar-refractivity contribution in [2.24, 2.45) is 0 Å². The molecule has 0 unspecified atom stereocenters. The minimum atomic E-state index is -4.41. The second-order valence-electron chi connectivity index (χ2n) is 7.01. The van der Waals surface area contributed by atoms with Crippen molar-refractivity contribution in [3.63, 3.8) is 0 Å². The lowest BCUT2D eigenvalue weighted by Gasteiger charge is -2.20. The summed E-state index contributed by atoms with van der Waals surface area (Å²) >= 11 is 0. The molecule has 0 aliphatic heterocycles.